The quantitative estimate of drug-likeness (QED) is 0.529. The first-order valence-electron chi connectivity index (χ1n) is 9.22. The molecule has 4 aromatic rings. The fraction of sp³-hybridized carbons (Fsp3) is 0.190. The molecular formula is C21H18ClN5O3. The molecule has 2 aromatic heterocycles. The minimum absolute atomic E-state index is 0.124. The summed E-state index contributed by atoms with van der Waals surface area (Å²) >= 11 is 5.85. The summed E-state index contributed by atoms with van der Waals surface area (Å²) in [4.78, 5) is 32.8. The molecular weight excluding hydrogens is 406 g/mol. The number of nitrogens with zero attached hydrogens (tertiary/aromatic N) is 4. The van der Waals surface area contributed by atoms with Gasteiger partial charge in [-0.2, -0.15) is 4.98 Å². The molecule has 0 aliphatic heterocycles. The average molecular weight is 424 g/mol. The van der Waals surface area contributed by atoms with Crippen LogP contribution in [-0.2, 0) is 24.8 Å². The fourth-order valence-corrected chi connectivity index (χ4v) is 3.21. The van der Waals surface area contributed by atoms with E-state index in [1.807, 2.05) is 0 Å². The van der Waals surface area contributed by atoms with Crippen LogP contribution < -0.4 is 10.9 Å². The van der Waals surface area contributed by atoms with Crippen LogP contribution >= 0.6 is 11.6 Å². The van der Waals surface area contributed by atoms with Crippen LogP contribution in [0.3, 0.4) is 0 Å². The summed E-state index contributed by atoms with van der Waals surface area (Å²) in [7, 11) is 1.71. The third kappa shape index (κ3) is 4.08. The number of fused-ring (bicyclic) bond motifs is 1. The first-order valence-corrected chi connectivity index (χ1v) is 9.60. The van der Waals surface area contributed by atoms with Gasteiger partial charge in [-0.3, -0.25) is 9.59 Å². The molecule has 0 atom stereocenters. The molecule has 0 saturated heterocycles. The van der Waals surface area contributed by atoms with Crippen LogP contribution in [0.2, 0.25) is 5.02 Å². The summed E-state index contributed by atoms with van der Waals surface area (Å²) in [6, 6.07) is 12.5. The predicted octanol–water partition coefficient (Wildman–Crippen LogP) is 2.80. The van der Waals surface area contributed by atoms with Crippen LogP contribution in [0.5, 0.6) is 0 Å². The summed E-state index contributed by atoms with van der Waals surface area (Å²) in [5.74, 6) is 0.509. The molecule has 1 amide bonds. The summed E-state index contributed by atoms with van der Waals surface area (Å²) in [5, 5.41) is 7.36. The zero-order chi connectivity index (χ0) is 21.3. The second kappa shape index (κ2) is 8.08. The Balaban J connectivity index is 1.46. The largest absolute Gasteiger partial charge is 0.347 e. The minimum atomic E-state index is -0.164. The summed E-state index contributed by atoms with van der Waals surface area (Å²) < 4.78 is 6.80. The van der Waals surface area contributed by atoms with Crippen LogP contribution in [0.15, 0.2) is 51.8 Å². The highest BCUT2D eigenvalue weighted by Crippen LogP contribution is 2.20. The Morgan fingerprint density at radius 2 is 1.93 bits per heavy atom. The van der Waals surface area contributed by atoms with Gasteiger partial charge in [0, 0.05) is 17.6 Å². The van der Waals surface area contributed by atoms with Crippen molar-refractivity contribution >= 4 is 28.5 Å². The van der Waals surface area contributed by atoms with Crippen molar-refractivity contribution in [1.29, 1.82) is 0 Å². The van der Waals surface area contributed by atoms with Gasteiger partial charge in [0.1, 0.15) is 5.69 Å². The smallest absolute Gasteiger partial charge is 0.272 e. The first-order chi connectivity index (χ1) is 14.4. The Hall–Kier alpha value is -3.52. The molecule has 0 fully saturated rings. The van der Waals surface area contributed by atoms with E-state index < -0.39 is 0 Å². The van der Waals surface area contributed by atoms with Crippen molar-refractivity contribution < 1.29 is 9.32 Å². The van der Waals surface area contributed by atoms with Crippen molar-refractivity contribution in [3.63, 3.8) is 0 Å². The van der Waals surface area contributed by atoms with E-state index in [1.165, 1.54) is 0 Å². The molecule has 2 heterocycles. The van der Waals surface area contributed by atoms with Crippen LogP contribution in [0.25, 0.3) is 22.4 Å². The van der Waals surface area contributed by atoms with Crippen molar-refractivity contribution in [1.82, 2.24) is 25.0 Å². The molecule has 0 aliphatic rings. The monoisotopic (exact) mass is 423 g/mol. The highest BCUT2D eigenvalue weighted by molar-refractivity contribution is 6.30. The molecule has 0 bridgehead atoms. The Bertz CT molecular complexity index is 1290. The Morgan fingerprint density at radius 3 is 2.70 bits per heavy atom. The number of carbonyl (C=O) groups excluding carboxylic acids is 1. The molecule has 8 nitrogen and oxygen atoms in total. The van der Waals surface area contributed by atoms with Crippen molar-refractivity contribution in [3.05, 3.63) is 75.0 Å². The van der Waals surface area contributed by atoms with Gasteiger partial charge < -0.3 is 14.4 Å². The van der Waals surface area contributed by atoms with Gasteiger partial charge in [0.2, 0.25) is 17.6 Å². The zero-order valence-corrected chi connectivity index (χ0v) is 17.1. The predicted molar refractivity (Wildman–Crippen MR) is 112 cm³/mol. The number of rotatable bonds is 5. The number of hydrogen-bond donors (Lipinski definition) is 1. The van der Waals surface area contributed by atoms with Gasteiger partial charge in [-0.15, -0.1) is 0 Å². The number of benzene rings is 2. The number of hydrogen-bond acceptors (Lipinski definition) is 6. The molecule has 9 heteroatoms. The van der Waals surface area contributed by atoms with E-state index in [1.54, 1.807) is 61.0 Å². The van der Waals surface area contributed by atoms with Crippen molar-refractivity contribution in [3.8, 4) is 11.4 Å². The molecule has 0 radical (unpaired) electrons. The molecule has 4 rings (SSSR count). The number of aryl methyl sites for hydroxylation is 2. The molecule has 152 valence electrons. The van der Waals surface area contributed by atoms with E-state index in [-0.39, 0.29) is 24.4 Å². The van der Waals surface area contributed by atoms with Crippen LogP contribution in [-0.4, -0.2) is 25.6 Å². The highest BCUT2D eigenvalue weighted by Gasteiger charge is 2.13. The number of halogens is 1. The fourth-order valence-electron chi connectivity index (χ4n) is 3.08. The van der Waals surface area contributed by atoms with Crippen molar-refractivity contribution in [2.24, 2.45) is 7.05 Å². The third-order valence-electron chi connectivity index (χ3n) is 4.68. The molecule has 0 unspecified atom stereocenters. The Kier molecular flexibility index (Phi) is 5.33. The van der Waals surface area contributed by atoms with E-state index in [2.05, 4.69) is 20.4 Å². The number of nitrogens with one attached hydrogen (secondary N) is 1. The van der Waals surface area contributed by atoms with Gasteiger partial charge in [0.25, 0.3) is 5.56 Å². The van der Waals surface area contributed by atoms with Gasteiger partial charge in [-0.1, -0.05) is 28.9 Å². The number of carbonyl (C=O) groups is 1. The number of amides is 1. The first kappa shape index (κ1) is 19.8. The standard InChI is InChI=1S/C21H18ClN5O3/c1-12-21(29)27(2)17-8-5-14(10-16(17)24-12)20-25-19(30-26-20)11-23-18(28)9-13-3-6-15(22)7-4-13/h3-8,10H,9,11H2,1-2H3,(H,23,28). The molecule has 0 aliphatic carbocycles. The average Bonchev–Trinajstić information content (AvgIpc) is 3.21. The Labute approximate surface area is 176 Å². The van der Waals surface area contributed by atoms with Gasteiger partial charge in [-0.25, -0.2) is 4.98 Å². The second-order valence-corrected chi connectivity index (χ2v) is 7.29. The highest BCUT2D eigenvalue weighted by atomic mass is 35.5. The lowest BCUT2D eigenvalue weighted by Crippen LogP contribution is -2.24. The molecule has 2 aromatic carbocycles. The lowest BCUT2D eigenvalue weighted by Gasteiger charge is -2.06. The van der Waals surface area contributed by atoms with Crippen LogP contribution in [0.4, 0.5) is 0 Å². The lowest BCUT2D eigenvalue weighted by atomic mass is 10.1. The van der Waals surface area contributed by atoms with E-state index in [0.29, 0.717) is 39.0 Å². The van der Waals surface area contributed by atoms with Gasteiger partial charge in [0.05, 0.1) is 24.0 Å². The maximum absolute atomic E-state index is 12.1. The van der Waals surface area contributed by atoms with E-state index in [9.17, 15) is 9.59 Å². The maximum Gasteiger partial charge on any atom is 0.272 e. The third-order valence-corrected chi connectivity index (χ3v) is 4.93. The molecule has 0 spiro atoms. The Morgan fingerprint density at radius 1 is 1.17 bits per heavy atom. The minimum Gasteiger partial charge on any atom is -0.347 e. The summed E-state index contributed by atoms with van der Waals surface area (Å²) in [5.41, 5.74) is 3.22. The summed E-state index contributed by atoms with van der Waals surface area (Å²) in [6.45, 7) is 1.80. The number of aromatic nitrogens is 4. The van der Waals surface area contributed by atoms with Crippen molar-refractivity contribution in [2.75, 3.05) is 0 Å². The van der Waals surface area contributed by atoms with Gasteiger partial charge in [-0.05, 0) is 42.8 Å². The van der Waals surface area contributed by atoms with Gasteiger partial charge >= 0.3 is 0 Å². The molecule has 0 saturated carbocycles. The molecule has 30 heavy (non-hydrogen) atoms. The molecule has 1 N–H and O–H groups in total. The van der Waals surface area contributed by atoms with Crippen LogP contribution in [0.1, 0.15) is 17.1 Å². The van der Waals surface area contributed by atoms with E-state index in [4.69, 9.17) is 16.1 Å². The lowest BCUT2D eigenvalue weighted by molar-refractivity contribution is -0.120. The maximum atomic E-state index is 12.1. The van der Waals surface area contributed by atoms with E-state index in [0.717, 1.165) is 5.56 Å². The zero-order valence-electron chi connectivity index (χ0n) is 16.3. The van der Waals surface area contributed by atoms with Gasteiger partial charge in [0.15, 0.2) is 0 Å². The summed E-state index contributed by atoms with van der Waals surface area (Å²) in [6.07, 6.45) is 0.229. The second-order valence-electron chi connectivity index (χ2n) is 6.86. The van der Waals surface area contributed by atoms with Crippen LogP contribution in [0, 0.1) is 6.92 Å². The topological polar surface area (TPSA) is 103 Å². The normalized spacial score (nSPS) is 11.0. The van der Waals surface area contributed by atoms with Crippen molar-refractivity contribution in [2.45, 2.75) is 19.9 Å². The SMILES string of the molecule is Cc1nc2cc(-c3noc(CNC(=O)Cc4ccc(Cl)cc4)n3)ccc2n(C)c1=O. The van der Waals surface area contributed by atoms with E-state index >= 15 is 0 Å².